The Bertz CT molecular complexity index is 1100. The summed E-state index contributed by atoms with van der Waals surface area (Å²) in [6.45, 7) is 4.18. The van der Waals surface area contributed by atoms with Crippen LogP contribution in [0.5, 0.6) is 0 Å². The smallest absolute Gasteiger partial charge is 0.211 e. The van der Waals surface area contributed by atoms with Crippen molar-refractivity contribution in [3.8, 4) is 0 Å². The number of benzene rings is 2. The zero-order valence-electron chi connectivity index (χ0n) is 16.2. The van der Waals surface area contributed by atoms with Gasteiger partial charge in [0.1, 0.15) is 0 Å². The third-order valence-electron chi connectivity index (χ3n) is 5.86. The molecule has 2 heterocycles. The number of rotatable bonds is 4. The van der Waals surface area contributed by atoms with Crippen molar-refractivity contribution in [1.82, 2.24) is 8.87 Å². The fourth-order valence-electron chi connectivity index (χ4n) is 4.43. The van der Waals surface area contributed by atoms with Gasteiger partial charge in [0.2, 0.25) is 10.0 Å². The normalized spacial score (nSPS) is 16.7. The van der Waals surface area contributed by atoms with E-state index >= 15 is 0 Å². The van der Waals surface area contributed by atoms with Crippen molar-refractivity contribution in [2.75, 3.05) is 19.3 Å². The predicted molar refractivity (Wildman–Crippen MR) is 116 cm³/mol. The van der Waals surface area contributed by atoms with E-state index in [1.54, 1.807) is 4.31 Å². The van der Waals surface area contributed by atoms with E-state index in [-0.39, 0.29) is 0 Å². The first-order valence-electron chi connectivity index (χ1n) is 9.62. The third-order valence-corrected chi connectivity index (χ3v) is 7.42. The number of piperidine rings is 1. The zero-order chi connectivity index (χ0) is 19.9. The highest BCUT2D eigenvalue weighted by Crippen LogP contribution is 2.38. The Morgan fingerprint density at radius 2 is 1.68 bits per heavy atom. The molecule has 4 nitrogen and oxygen atoms in total. The lowest BCUT2D eigenvalue weighted by molar-refractivity contribution is 0.321. The number of halogens is 1. The standard InChI is InChI=1S/C22H25ClN2O2S/c1-16-22(18-11-13-24(14-12-18)28(2,26)27)20-5-3-4-6-21(20)25(16)15-17-7-9-19(23)10-8-17/h3-10,18H,11-15H2,1-2H3. The van der Waals surface area contributed by atoms with Gasteiger partial charge in [-0.1, -0.05) is 41.9 Å². The summed E-state index contributed by atoms with van der Waals surface area (Å²) in [5.41, 5.74) is 5.09. The average Bonchev–Trinajstić information content (AvgIpc) is 2.95. The summed E-state index contributed by atoms with van der Waals surface area (Å²) in [7, 11) is -3.11. The molecule has 148 valence electrons. The second-order valence-corrected chi connectivity index (χ2v) is 10.1. The summed E-state index contributed by atoms with van der Waals surface area (Å²) in [6.07, 6.45) is 3.03. The van der Waals surface area contributed by atoms with Gasteiger partial charge in [0.25, 0.3) is 0 Å². The first-order chi connectivity index (χ1) is 13.3. The Morgan fingerprint density at radius 1 is 1.04 bits per heavy atom. The van der Waals surface area contributed by atoms with Crippen molar-refractivity contribution in [3.63, 3.8) is 0 Å². The number of hydrogen-bond donors (Lipinski definition) is 0. The second-order valence-electron chi connectivity index (χ2n) is 7.67. The lowest BCUT2D eigenvalue weighted by Crippen LogP contribution is -2.37. The van der Waals surface area contributed by atoms with E-state index in [0.29, 0.717) is 19.0 Å². The van der Waals surface area contributed by atoms with Crippen LogP contribution in [0.1, 0.15) is 35.6 Å². The fourth-order valence-corrected chi connectivity index (χ4v) is 5.43. The Balaban J connectivity index is 1.70. The maximum Gasteiger partial charge on any atom is 0.211 e. The molecule has 1 aliphatic heterocycles. The highest BCUT2D eigenvalue weighted by molar-refractivity contribution is 7.88. The molecule has 4 rings (SSSR count). The molecule has 2 aromatic carbocycles. The van der Waals surface area contributed by atoms with Gasteiger partial charge in [-0.25, -0.2) is 12.7 Å². The van der Waals surface area contributed by atoms with Crippen LogP contribution in [0.3, 0.4) is 0 Å². The largest absolute Gasteiger partial charge is 0.340 e. The van der Waals surface area contributed by atoms with Gasteiger partial charge in [0.15, 0.2) is 0 Å². The van der Waals surface area contributed by atoms with Crippen LogP contribution in [0, 0.1) is 6.92 Å². The number of aromatic nitrogens is 1. The summed E-state index contributed by atoms with van der Waals surface area (Å²) >= 11 is 6.04. The fraction of sp³-hybridized carbons (Fsp3) is 0.364. The monoisotopic (exact) mass is 416 g/mol. The molecule has 0 amide bonds. The van der Waals surface area contributed by atoms with Gasteiger partial charge in [-0.15, -0.1) is 0 Å². The topological polar surface area (TPSA) is 42.3 Å². The Morgan fingerprint density at radius 3 is 2.32 bits per heavy atom. The molecule has 6 heteroatoms. The minimum Gasteiger partial charge on any atom is -0.340 e. The quantitative estimate of drug-likeness (QED) is 0.613. The molecular formula is C22H25ClN2O2S. The first-order valence-corrected chi connectivity index (χ1v) is 11.8. The highest BCUT2D eigenvalue weighted by Gasteiger charge is 2.29. The van der Waals surface area contributed by atoms with Crippen LogP contribution in [0.2, 0.25) is 5.02 Å². The first kappa shape index (κ1) is 19.5. The van der Waals surface area contributed by atoms with Crippen LogP contribution in [0.25, 0.3) is 10.9 Å². The Kier molecular flexibility index (Phi) is 5.25. The summed E-state index contributed by atoms with van der Waals surface area (Å²) < 4.78 is 27.7. The van der Waals surface area contributed by atoms with Crippen molar-refractivity contribution in [2.45, 2.75) is 32.2 Å². The summed E-state index contributed by atoms with van der Waals surface area (Å²) in [6, 6.07) is 16.5. The molecule has 1 aliphatic rings. The van der Waals surface area contributed by atoms with Crippen LogP contribution in [-0.2, 0) is 16.6 Å². The molecule has 0 unspecified atom stereocenters. The van der Waals surface area contributed by atoms with Gasteiger partial charge >= 0.3 is 0 Å². The van der Waals surface area contributed by atoms with Crippen LogP contribution in [-0.4, -0.2) is 36.6 Å². The molecule has 0 N–H and O–H groups in total. The van der Waals surface area contributed by atoms with Crippen molar-refractivity contribution < 1.29 is 8.42 Å². The third kappa shape index (κ3) is 3.71. The van der Waals surface area contributed by atoms with E-state index in [0.717, 1.165) is 24.4 Å². The number of sulfonamides is 1. The van der Waals surface area contributed by atoms with Crippen LogP contribution < -0.4 is 0 Å². The van der Waals surface area contributed by atoms with E-state index in [4.69, 9.17) is 11.6 Å². The van der Waals surface area contributed by atoms with Crippen molar-refractivity contribution >= 4 is 32.5 Å². The lowest BCUT2D eigenvalue weighted by Gasteiger charge is -2.30. The lowest BCUT2D eigenvalue weighted by atomic mass is 9.88. The van der Waals surface area contributed by atoms with Crippen molar-refractivity contribution in [1.29, 1.82) is 0 Å². The number of nitrogens with zero attached hydrogens (tertiary/aromatic N) is 2. The van der Waals surface area contributed by atoms with Crippen molar-refractivity contribution in [3.05, 3.63) is 70.4 Å². The minimum atomic E-state index is -3.11. The predicted octanol–water partition coefficient (Wildman–Crippen LogP) is 4.79. The molecule has 1 aromatic heterocycles. The molecule has 0 atom stereocenters. The van der Waals surface area contributed by atoms with Crippen molar-refractivity contribution in [2.24, 2.45) is 0 Å². The SMILES string of the molecule is Cc1c(C2CCN(S(C)(=O)=O)CC2)c2ccccc2n1Cc1ccc(Cl)cc1. The second kappa shape index (κ2) is 7.54. The molecule has 0 aliphatic carbocycles. The molecule has 3 aromatic rings. The minimum absolute atomic E-state index is 0.384. The number of fused-ring (bicyclic) bond motifs is 1. The maximum atomic E-state index is 11.9. The van der Waals surface area contributed by atoms with Crippen LogP contribution >= 0.6 is 11.6 Å². The van der Waals surface area contributed by atoms with Gasteiger partial charge in [-0.2, -0.15) is 0 Å². The van der Waals surface area contributed by atoms with E-state index < -0.39 is 10.0 Å². The van der Waals surface area contributed by atoms with Gasteiger partial charge in [-0.05, 0) is 55.0 Å². The molecule has 1 fully saturated rings. The Hall–Kier alpha value is -1.82. The van der Waals surface area contributed by atoms with Crippen LogP contribution in [0.15, 0.2) is 48.5 Å². The van der Waals surface area contributed by atoms with E-state index in [1.165, 1.54) is 34.0 Å². The Labute approximate surface area is 171 Å². The molecule has 0 bridgehead atoms. The summed E-state index contributed by atoms with van der Waals surface area (Å²) in [5.74, 6) is 0.384. The van der Waals surface area contributed by atoms with Gasteiger partial charge in [0, 0.05) is 41.3 Å². The van der Waals surface area contributed by atoms with E-state index in [2.05, 4.69) is 47.9 Å². The molecule has 0 radical (unpaired) electrons. The van der Waals surface area contributed by atoms with Gasteiger partial charge < -0.3 is 4.57 Å². The average molecular weight is 417 g/mol. The van der Waals surface area contributed by atoms with E-state index in [9.17, 15) is 8.42 Å². The molecule has 0 spiro atoms. The number of para-hydroxylation sites is 1. The molecular weight excluding hydrogens is 392 g/mol. The number of hydrogen-bond acceptors (Lipinski definition) is 2. The van der Waals surface area contributed by atoms with E-state index in [1.807, 2.05) is 12.1 Å². The van der Waals surface area contributed by atoms with Gasteiger partial charge in [0.05, 0.1) is 6.26 Å². The summed E-state index contributed by atoms with van der Waals surface area (Å²) in [4.78, 5) is 0. The van der Waals surface area contributed by atoms with Gasteiger partial charge in [-0.3, -0.25) is 0 Å². The summed E-state index contributed by atoms with van der Waals surface area (Å²) in [5, 5.41) is 2.03. The van der Waals surface area contributed by atoms with Crippen LogP contribution in [0.4, 0.5) is 0 Å². The maximum absolute atomic E-state index is 11.9. The highest BCUT2D eigenvalue weighted by atomic mass is 35.5. The zero-order valence-corrected chi connectivity index (χ0v) is 17.8. The molecule has 1 saturated heterocycles. The molecule has 28 heavy (non-hydrogen) atoms. The molecule has 0 saturated carbocycles.